The average molecular weight is 426 g/mol. The smallest absolute Gasteiger partial charge is 0.379 e. The molecule has 29 heavy (non-hydrogen) atoms. The number of hydrogen-bond donors (Lipinski definition) is 0. The SMILES string of the molecule is CCCCCCCCC(Cc1cc(C(F)(F)F)cc(C(F)(F)F)c1)C(C)(C)OC. The summed E-state index contributed by atoms with van der Waals surface area (Å²) in [6.45, 7) is 5.78. The standard InChI is InChI=1S/C22H32F6O/c1-5-6-7-8-9-10-11-17(20(2,3)29-4)12-16-13-18(21(23,24)25)15-19(14-16)22(26,27)28/h13-15,17H,5-12H2,1-4H3. The summed E-state index contributed by atoms with van der Waals surface area (Å²) in [7, 11) is 1.52. The van der Waals surface area contributed by atoms with Crippen LogP contribution >= 0.6 is 0 Å². The number of halogens is 6. The van der Waals surface area contributed by atoms with Gasteiger partial charge in [0.05, 0.1) is 16.7 Å². The van der Waals surface area contributed by atoms with Crippen molar-refractivity contribution in [3.8, 4) is 0 Å². The number of methoxy groups -OCH3 is 1. The Labute approximate surface area is 169 Å². The van der Waals surface area contributed by atoms with Crippen LogP contribution in [0.25, 0.3) is 0 Å². The van der Waals surface area contributed by atoms with Gasteiger partial charge in [0, 0.05) is 7.11 Å². The fourth-order valence-electron chi connectivity index (χ4n) is 3.45. The second kappa shape index (κ2) is 10.7. The van der Waals surface area contributed by atoms with Crippen LogP contribution in [0.15, 0.2) is 18.2 Å². The molecule has 168 valence electrons. The Morgan fingerprint density at radius 1 is 0.793 bits per heavy atom. The van der Waals surface area contributed by atoms with Crippen molar-refractivity contribution in [2.45, 2.75) is 90.1 Å². The molecule has 0 saturated carbocycles. The predicted octanol–water partition coefficient (Wildman–Crippen LogP) is 8.06. The van der Waals surface area contributed by atoms with Crippen LogP contribution in [0.1, 0.15) is 82.4 Å². The summed E-state index contributed by atoms with van der Waals surface area (Å²) in [6.07, 6.45) is -2.50. The summed E-state index contributed by atoms with van der Waals surface area (Å²) in [5.41, 5.74) is -3.16. The molecule has 0 N–H and O–H groups in total. The second-order valence-corrected chi connectivity index (χ2v) is 8.18. The lowest BCUT2D eigenvalue weighted by Gasteiger charge is -2.34. The summed E-state index contributed by atoms with van der Waals surface area (Å²) >= 11 is 0. The molecule has 1 atom stereocenters. The lowest BCUT2D eigenvalue weighted by atomic mass is 9.81. The van der Waals surface area contributed by atoms with E-state index in [4.69, 9.17) is 4.74 Å². The van der Waals surface area contributed by atoms with E-state index in [-0.39, 0.29) is 24.0 Å². The fourth-order valence-corrected chi connectivity index (χ4v) is 3.45. The summed E-state index contributed by atoms with van der Waals surface area (Å²) in [5.74, 6) is -0.191. The Morgan fingerprint density at radius 3 is 1.72 bits per heavy atom. The number of ether oxygens (including phenoxy) is 1. The predicted molar refractivity (Wildman–Crippen MR) is 103 cm³/mol. The van der Waals surface area contributed by atoms with E-state index in [1.54, 1.807) is 0 Å². The van der Waals surface area contributed by atoms with Crippen LogP contribution in [-0.2, 0) is 23.5 Å². The van der Waals surface area contributed by atoms with Crippen LogP contribution in [-0.4, -0.2) is 12.7 Å². The number of unbranched alkanes of at least 4 members (excludes halogenated alkanes) is 5. The van der Waals surface area contributed by atoms with Crippen LogP contribution in [0.4, 0.5) is 26.3 Å². The Morgan fingerprint density at radius 2 is 1.28 bits per heavy atom. The summed E-state index contributed by atoms with van der Waals surface area (Å²) in [6, 6.07) is 1.83. The maximum absolute atomic E-state index is 13.1. The molecule has 0 radical (unpaired) electrons. The molecule has 0 aliphatic rings. The van der Waals surface area contributed by atoms with Crippen LogP contribution < -0.4 is 0 Å². The molecule has 1 nitrogen and oxygen atoms in total. The zero-order valence-corrected chi connectivity index (χ0v) is 17.6. The number of rotatable bonds is 11. The van der Waals surface area contributed by atoms with E-state index in [0.29, 0.717) is 6.42 Å². The van der Waals surface area contributed by atoms with Gasteiger partial charge in [-0.25, -0.2) is 0 Å². The average Bonchev–Trinajstić information content (AvgIpc) is 2.61. The van der Waals surface area contributed by atoms with Gasteiger partial charge in [-0.2, -0.15) is 26.3 Å². The van der Waals surface area contributed by atoms with Crippen LogP contribution in [0, 0.1) is 5.92 Å². The van der Waals surface area contributed by atoms with E-state index in [2.05, 4.69) is 6.92 Å². The highest BCUT2D eigenvalue weighted by Crippen LogP contribution is 2.38. The molecule has 1 rings (SSSR count). The van der Waals surface area contributed by atoms with Gasteiger partial charge in [-0.3, -0.25) is 0 Å². The quantitative estimate of drug-likeness (QED) is 0.257. The monoisotopic (exact) mass is 426 g/mol. The highest BCUT2D eigenvalue weighted by molar-refractivity contribution is 5.34. The number of hydrogen-bond acceptors (Lipinski definition) is 1. The minimum atomic E-state index is -4.83. The van der Waals surface area contributed by atoms with E-state index in [0.717, 1.165) is 50.7 Å². The molecule has 0 heterocycles. The van der Waals surface area contributed by atoms with Gasteiger partial charge in [0.15, 0.2) is 0 Å². The van der Waals surface area contributed by atoms with Gasteiger partial charge in [0.25, 0.3) is 0 Å². The van der Waals surface area contributed by atoms with Crippen LogP contribution in [0.2, 0.25) is 0 Å². The zero-order valence-electron chi connectivity index (χ0n) is 17.6. The van der Waals surface area contributed by atoms with E-state index in [1.165, 1.54) is 7.11 Å². The minimum Gasteiger partial charge on any atom is -0.379 e. The normalized spacial score (nSPS) is 14.3. The Balaban J connectivity index is 3.05. The Bertz CT molecular complexity index is 586. The summed E-state index contributed by atoms with van der Waals surface area (Å²) in [4.78, 5) is 0. The number of alkyl halides is 6. The van der Waals surface area contributed by atoms with Gasteiger partial charge in [-0.1, -0.05) is 45.4 Å². The molecule has 0 aromatic heterocycles. The largest absolute Gasteiger partial charge is 0.416 e. The summed E-state index contributed by atoms with van der Waals surface area (Å²) in [5, 5.41) is 0. The first kappa shape index (κ1) is 25.8. The van der Waals surface area contributed by atoms with Crippen molar-refractivity contribution in [3.63, 3.8) is 0 Å². The first-order valence-electron chi connectivity index (χ1n) is 10.1. The van der Waals surface area contributed by atoms with Crippen molar-refractivity contribution >= 4 is 0 Å². The third-order valence-electron chi connectivity index (χ3n) is 5.54. The van der Waals surface area contributed by atoms with Gasteiger partial charge in [-0.05, 0) is 56.4 Å². The Hall–Kier alpha value is -1.24. The van der Waals surface area contributed by atoms with Gasteiger partial charge in [-0.15, -0.1) is 0 Å². The van der Waals surface area contributed by atoms with E-state index in [1.807, 2.05) is 13.8 Å². The first-order valence-corrected chi connectivity index (χ1v) is 10.1. The summed E-state index contributed by atoms with van der Waals surface area (Å²) < 4.78 is 84.3. The van der Waals surface area contributed by atoms with Crippen molar-refractivity contribution in [2.75, 3.05) is 7.11 Å². The molecule has 0 saturated heterocycles. The highest BCUT2D eigenvalue weighted by atomic mass is 19.4. The lowest BCUT2D eigenvalue weighted by Crippen LogP contribution is -2.35. The van der Waals surface area contributed by atoms with Gasteiger partial charge < -0.3 is 4.74 Å². The molecule has 1 unspecified atom stereocenters. The van der Waals surface area contributed by atoms with Crippen molar-refractivity contribution in [3.05, 3.63) is 34.9 Å². The second-order valence-electron chi connectivity index (χ2n) is 8.18. The molecule has 1 aromatic rings. The van der Waals surface area contributed by atoms with Crippen molar-refractivity contribution in [1.29, 1.82) is 0 Å². The molecule has 0 bridgehead atoms. The highest BCUT2D eigenvalue weighted by Gasteiger charge is 2.37. The van der Waals surface area contributed by atoms with Crippen LogP contribution in [0.3, 0.4) is 0 Å². The molecule has 0 fully saturated rings. The molecule has 7 heteroatoms. The maximum atomic E-state index is 13.1. The van der Waals surface area contributed by atoms with Gasteiger partial charge in [0.1, 0.15) is 0 Å². The molecular weight excluding hydrogens is 394 g/mol. The fraction of sp³-hybridized carbons (Fsp3) is 0.727. The molecule has 0 spiro atoms. The maximum Gasteiger partial charge on any atom is 0.416 e. The molecular formula is C22H32F6O. The van der Waals surface area contributed by atoms with Crippen molar-refractivity contribution < 1.29 is 31.1 Å². The van der Waals surface area contributed by atoms with Crippen LogP contribution in [0.5, 0.6) is 0 Å². The zero-order chi connectivity index (χ0) is 22.3. The van der Waals surface area contributed by atoms with Crippen molar-refractivity contribution in [2.24, 2.45) is 5.92 Å². The molecule has 0 aliphatic carbocycles. The topological polar surface area (TPSA) is 9.23 Å². The van der Waals surface area contributed by atoms with E-state index in [9.17, 15) is 26.3 Å². The van der Waals surface area contributed by atoms with Gasteiger partial charge >= 0.3 is 12.4 Å². The molecule has 0 amide bonds. The molecule has 1 aromatic carbocycles. The third-order valence-corrected chi connectivity index (χ3v) is 5.54. The van der Waals surface area contributed by atoms with Gasteiger partial charge in [0.2, 0.25) is 0 Å². The lowest BCUT2D eigenvalue weighted by molar-refractivity contribution is -0.143. The van der Waals surface area contributed by atoms with E-state index < -0.39 is 29.1 Å². The first-order chi connectivity index (χ1) is 13.3. The molecule has 0 aliphatic heterocycles. The Kier molecular flexibility index (Phi) is 9.51. The van der Waals surface area contributed by atoms with E-state index >= 15 is 0 Å². The number of benzene rings is 1. The third kappa shape index (κ3) is 8.57. The van der Waals surface area contributed by atoms with Crippen molar-refractivity contribution in [1.82, 2.24) is 0 Å². The minimum absolute atomic E-state index is 0.0354.